The lowest BCUT2D eigenvalue weighted by Crippen LogP contribution is -2.30. The Hall–Kier alpha value is -3.57. The van der Waals surface area contributed by atoms with Crippen LogP contribution in [-0.2, 0) is 0 Å². The SMILES string of the molecule is N#Cc1cnc2ccc(-c3c(-c4ccc(F)cc4)ncn3C3CC(O)C3)nn12. The van der Waals surface area contributed by atoms with Crippen molar-refractivity contribution < 1.29 is 9.50 Å². The van der Waals surface area contributed by atoms with Gasteiger partial charge in [0.1, 0.15) is 17.6 Å². The Labute approximate surface area is 159 Å². The first-order valence-electron chi connectivity index (χ1n) is 8.90. The summed E-state index contributed by atoms with van der Waals surface area (Å²) in [5, 5.41) is 23.6. The molecule has 1 saturated carbocycles. The van der Waals surface area contributed by atoms with Crippen LogP contribution in [0.1, 0.15) is 24.6 Å². The number of hydrogen-bond donors (Lipinski definition) is 1. The standard InChI is InChI=1S/C20H15FN6O/c21-13-3-1-12(2-4-13)19-20(26(11-24-19)14-7-16(28)8-14)17-5-6-18-23-10-15(9-22)27(18)25-17/h1-6,10-11,14,16,28H,7-8H2. The summed E-state index contributed by atoms with van der Waals surface area (Å²) in [4.78, 5) is 8.74. The van der Waals surface area contributed by atoms with Gasteiger partial charge in [0, 0.05) is 11.6 Å². The predicted molar refractivity (Wildman–Crippen MR) is 98.6 cm³/mol. The first-order chi connectivity index (χ1) is 13.6. The lowest BCUT2D eigenvalue weighted by atomic mass is 9.89. The van der Waals surface area contributed by atoms with Crippen LogP contribution in [0.25, 0.3) is 28.3 Å². The zero-order chi connectivity index (χ0) is 19.3. The van der Waals surface area contributed by atoms with Crippen LogP contribution in [0.5, 0.6) is 0 Å². The molecule has 1 N–H and O–H groups in total. The molecular weight excluding hydrogens is 359 g/mol. The fraction of sp³-hybridized carbons (Fsp3) is 0.200. The molecule has 1 aliphatic carbocycles. The average molecular weight is 374 g/mol. The summed E-state index contributed by atoms with van der Waals surface area (Å²) in [6.07, 6.45) is 4.18. The monoisotopic (exact) mass is 374 g/mol. The van der Waals surface area contributed by atoms with E-state index in [1.54, 1.807) is 24.5 Å². The highest BCUT2D eigenvalue weighted by molar-refractivity contribution is 5.77. The van der Waals surface area contributed by atoms with Crippen LogP contribution in [0, 0.1) is 17.1 Å². The molecule has 0 unspecified atom stereocenters. The van der Waals surface area contributed by atoms with Crippen molar-refractivity contribution in [3.63, 3.8) is 0 Å². The van der Waals surface area contributed by atoms with Gasteiger partial charge in [-0.05, 0) is 49.2 Å². The molecule has 0 saturated heterocycles. The molecule has 138 valence electrons. The first kappa shape index (κ1) is 16.6. The van der Waals surface area contributed by atoms with Crippen molar-refractivity contribution in [1.82, 2.24) is 24.1 Å². The molecule has 7 nitrogen and oxygen atoms in total. The minimum Gasteiger partial charge on any atom is -0.393 e. The third-order valence-corrected chi connectivity index (χ3v) is 5.11. The van der Waals surface area contributed by atoms with Gasteiger partial charge in [-0.1, -0.05) is 0 Å². The summed E-state index contributed by atoms with van der Waals surface area (Å²) < 4.78 is 16.9. The zero-order valence-corrected chi connectivity index (χ0v) is 14.7. The Kier molecular flexibility index (Phi) is 3.70. The van der Waals surface area contributed by atoms with Crippen molar-refractivity contribution in [1.29, 1.82) is 5.26 Å². The minimum absolute atomic E-state index is 0.113. The highest BCUT2D eigenvalue weighted by Crippen LogP contribution is 2.39. The summed E-state index contributed by atoms with van der Waals surface area (Å²) in [5.74, 6) is -0.316. The molecule has 0 spiro atoms. The van der Waals surface area contributed by atoms with Crippen LogP contribution in [-0.4, -0.2) is 35.4 Å². The van der Waals surface area contributed by atoms with E-state index in [2.05, 4.69) is 21.1 Å². The maximum atomic E-state index is 13.4. The van der Waals surface area contributed by atoms with E-state index < -0.39 is 0 Å². The lowest BCUT2D eigenvalue weighted by Gasteiger charge is -2.33. The number of aliphatic hydroxyl groups is 1. The van der Waals surface area contributed by atoms with Crippen LogP contribution < -0.4 is 0 Å². The van der Waals surface area contributed by atoms with Gasteiger partial charge in [-0.25, -0.2) is 18.9 Å². The van der Waals surface area contributed by atoms with E-state index in [1.165, 1.54) is 22.8 Å². The number of benzene rings is 1. The van der Waals surface area contributed by atoms with Gasteiger partial charge < -0.3 is 9.67 Å². The summed E-state index contributed by atoms with van der Waals surface area (Å²) in [7, 11) is 0. The molecule has 1 fully saturated rings. The number of rotatable bonds is 3. The lowest BCUT2D eigenvalue weighted by molar-refractivity contribution is 0.0491. The smallest absolute Gasteiger partial charge is 0.162 e. The van der Waals surface area contributed by atoms with Crippen LogP contribution in [0.15, 0.2) is 48.9 Å². The van der Waals surface area contributed by atoms with Crippen molar-refractivity contribution in [2.45, 2.75) is 25.0 Å². The second-order valence-electron chi connectivity index (χ2n) is 6.88. The Balaban J connectivity index is 1.71. The number of aromatic nitrogens is 5. The maximum Gasteiger partial charge on any atom is 0.162 e. The number of imidazole rings is 2. The third kappa shape index (κ3) is 2.56. The molecule has 0 radical (unpaired) electrons. The highest BCUT2D eigenvalue weighted by atomic mass is 19.1. The summed E-state index contributed by atoms with van der Waals surface area (Å²) in [6.45, 7) is 0. The molecule has 0 aliphatic heterocycles. The Morgan fingerprint density at radius 2 is 1.89 bits per heavy atom. The van der Waals surface area contributed by atoms with Gasteiger partial charge in [0.15, 0.2) is 11.3 Å². The van der Waals surface area contributed by atoms with Gasteiger partial charge in [-0.3, -0.25) is 0 Å². The van der Waals surface area contributed by atoms with Gasteiger partial charge in [-0.2, -0.15) is 10.4 Å². The van der Waals surface area contributed by atoms with Gasteiger partial charge >= 0.3 is 0 Å². The summed E-state index contributed by atoms with van der Waals surface area (Å²) in [5.41, 5.74) is 3.75. The van der Waals surface area contributed by atoms with E-state index in [0.717, 1.165) is 11.3 Å². The van der Waals surface area contributed by atoms with Gasteiger partial charge in [0.25, 0.3) is 0 Å². The first-order valence-corrected chi connectivity index (χ1v) is 8.90. The van der Waals surface area contributed by atoms with Gasteiger partial charge in [0.2, 0.25) is 0 Å². The van der Waals surface area contributed by atoms with Crippen LogP contribution >= 0.6 is 0 Å². The molecule has 3 aromatic heterocycles. The van der Waals surface area contributed by atoms with Crippen molar-refractivity contribution in [2.24, 2.45) is 0 Å². The molecule has 28 heavy (non-hydrogen) atoms. The van der Waals surface area contributed by atoms with Crippen molar-refractivity contribution >= 4 is 5.65 Å². The van der Waals surface area contributed by atoms with Crippen LogP contribution in [0.4, 0.5) is 4.39 Å². The van der Waals surface area contributed by atoms with Crippen molar-refractivity contribution in [3.8, 4) is 28.7 Å². The van der Waals surface area contributed by atoms with Gasteiger partial charge in [0.05, 0.1) is 30.0 Å². The second kappa shape index (κ2) is 6.25. The van der Waals surface area contributed by atoms with E-state index in [0.29, 0.717) is 35.6 Å². The number of hydrogen-bond acceptors (Lipinski definition) is 5. The molecule has 1 aliphatic rings. The molecule has 3 heterocycles. The molecule has 0 atom stereocenters. The Morgan fingerprint density at radius 1 is 1.11 bits per heavy atom. The van der Waals surface area contributed by atoms with E-state index in [4.69, 9.17) is 0 Å². The normalized spacial score (nSPS) is 18.8. The maximum absolute atomic E-state index is 13.4. The van der Waals surface area contributed by atoms with E-state index in [9.17, 15) is 14.8 Å². The van der Waals surface area contributed by atoms with Gasteiger partial charge in [-0.15, -0.1) is 0 Å². The second-order valence-corrected chi connectivity index (χ2v) is 6.88. The molecule has 8 heteroatoms. The van der Waals surface area contributed by atoms with E-state index in [1.807, 2.05) is 10.6 Å². The molecule has 4 aromatic rings. The fourth-order valence-electron chi connectivity index (χ4n) is 3.57. The van der Waals surface area contributed by atoms with E-state index >= 15 is 0 Å². The Bertz CT molecular complexity index is 1210. The Morgan fingerprint density at radius 3 is 2.61 bits per heavy atom. The highest BCUT2D eigenvalue weighted by Gasteiger charge is 2.32. The largest absolute Gasteiger partial charge is 0.393 e. The van der Waals surface area contributed by atoms with Crippen LogP contribution in [0.2, 0.25) is 0 Å². The predicted octanol–water partition coefficient (Wildman–Crippen LogP) is 2.97. The number of fused-ring (bicyclic) bond motifs is 1. The third-order valence-electron chi connectivity index (χ3n) is 5.11. The fourth-order valence-corrected chi connectivity index (χ4v) is 3.57. The van der Waals surface area contributed by atoms with Crippen molar-refractivity contribution in [3.05, 3.63) is 60.4 Å². The number of halogens is 1. The molecule has 1 aromatic carbocycles. The summed E-state index contributed by atoms with van der Waals surface area (Å²) >= 11 is 0. The topological polar surface area (TPSA) is 92.0 Å². The number of aliphatic hydroxyl groups excluding tert-OH is 1. The minimum atomic E-state index is -0.316. The number of nitriles is 1. The molecular formula is C20H15FN6O. The zero-order valence-electron chi connectivity index (χ0n) is 14.7. The number of nitrogens with zero attached hydrogens (tertiary/aromatic N) is 6. The van der Waals surface area contributed by atoms with Crippen LogP contribution in [0.3, 0.4) is 0 Å². The van der Waals surface area contributed by atoms with Crippen molar-refractivity contribution in [2.75, 3.05) is 0 Å². The quantitative estimate of drug-likeness (QED) is 0.595. The molecule has 5 rings (SSSR count). The van der Waals surface area contributed by atoms with E-state index in [-0.39, 0.29) is 18.0 Å². The summed E-state index contributed by atoms with van der Waals surface area (Å²) in [6, 6.07) is 12.0. The average Bonchev–Trinajstić information content (AvgIpc) is 3.29. The molecule has 0 bridgehead atoms. The molecule has 0 amide bonds.